The SMILES string of the molecule is Cc1c(N)cccc1S(=O)(=O)Nc1ccncc1F. The van der Waals surface area contributed by atoms with E-state index in [0.29, 0.717) is 11.3 Å². The summed E-state index contributed by atoms with van der Waals surface area (Å²) in [6.07, 6.45) is 2.23. The van der Waals surface area contributed by atoms with E-state index in [9.17, 15) is 12.8 Å². The standard InChI is InChI=1S/C12H12FN3O2S/c1-8-10(14)3-2-4-12(8)19(17,18)16-11-5-6-15-7-9(11)13/h2-7H,14H2,1H3,(H,15,16). The average Bonchev–Trinajstić information content (AvgIpc) is 2.35. The highest BCUT2D eigenvalue weighted by Crippen LogP contribution is 2.23. The third kappa shape index (κ3) is 2.65. The second-order valence-electron chi connectivity index (χ2n) is 3.93. The van der Waals surface area contributed by atoms with E-state index < -0.39 is 15.8 Å². The van der Waals surface area contributed by atoms with Crippen LogP contribution in [0.2, 0.25) is 0 Å². The second kappa shape index (κ2) is 4.85. The molecule has 1 heterocycles. The number of nitrogens with one attached hydrogen (secondary N) is 1. The molecule has 0 amide bonds. The van der Waals surface area contributed by atoms with Crippen LogP contribution in [0.1, 0.15) is 5.56 Å². The summed E-state index contributed by atoms with van der Waals surface area (Å²) in [6, 6.07) is 5.78. The zero-order valence-corrected chi connectivity index (χ0v) is 10.9. The van der Waals surface area contributed by atoms with E-state index in [0.717, 1.165) is 6.20 Å². The van der Waals surface area contributed by atoms with Crippen molar-refractivity contribution in [1.82, 2.24) is 4.98 Å². The first-order chi connectivity index (χ1) is 8.92. The van der Waals surface area contributed by atoms with Gasteiger partial charge in [-0.1, -0.05) is 6.07 Å². The van der Waals surface area contributed by atoms with E-state index in [1.54, 1.807) is 13.0 Å². The van der Waals surface area contributed by atoms with Gasteiger partial charge >= 0.3 is 0 Å². The number of anilines is 2. The summed E-state index contributed by atoms with van der Waals surface area (Å²) in [6.45, 7) is 1.59. The van der Waals surface area contributed by atoms with E-state index >= 15 is 0 Å². The van der Waals surface area contributed by atoms with Crippen molar-refractivity contribution in [2.75, 3.05) is 10.5 Å². The lowest BCUT2D eigenvalue weighted by Gasteiger charge is -2.11. The van der Waals surface area contributed by atoms with E-state index in [1.165, 1.54) is 24.4 Å². The number of nitrogens with two attached hydrogens (primary N) is 1. The molecule has 0 radical (unpaired) electrons. The van der Waals surface area contributed by atoms with Crippen LogP contribution in [0.15, 0.2) is 41.6 Å². The number of nitrogens with zero attached hydrogens (tertiary/aromatic N) is 1. The molecule has 2 aromatic rings. The zero-order chi connectivity index (χ0) is 14.0. The second-order valence-corrected chi connectivity index (χ2v) is 5.58. The van der Waals surface area contributed by atoms with Crippen molar-refractivity contribution in [3.63, 3.8) is 0 Å². The van der Waals surface area contributed by atoms with Crippen molar-refractivity contribution < 1.29 is 12.8 Å². The molecule has 0 saturated heterocycles. The number of benzene rings is 1. The van der Waals surface area contributed by atoms with Crippen LogP contribution in [0.4, 0.5) is 15.8 Å². The lowest BCUT2D eigenvalue weighted by atomic mass is 10.2. The summed E-state index contributed by atoms with van der Waals surface area (Å²) in [5, 5.41) is 0. The molecular formula is C12H12FN3O2S. The van der Waals surface area contributed by atoms with Gasteiger partial charge in [0.25, 0.3) is 10.0 Å². The van der Waals surface area contributed by atoms with Gasteiger partial charge in [-0.05, 0) is 30.7 Å². The van der Waals surface area contributed by atoms with Crippen molar-refractivity contribution >= 4 is 21.4 Å². The van der Waals surface area contributed by atoms with Crippen LogP contribution in [0.5, 0.6) is 0 Å². The lowest BCUT2D eigenvalue weighted by molar-refractivity contribution is 0.597. The minimum absolute atomic E-state index is 0.0173. The summed E-state index contributed by atoms with van der Waals surface area (Å²) < 4.78 is 39.9. The first-order valence-corrected chi connectivity index (χ1v) is 6.87. The van der Waals surface area contributed by atoms with Crippen molar-refractivity contribution in [2.45, 2.75) is 11.8 Å². The number of hydrogen-bond acceptors (Lipinski definition) is 4. The van der Waals surface area contributed by atoms with Gasteiger partial charge in [-0.3, -0.25) is 9.71 Å². The van der Waals surface area contributed by atoms with E-state index in [4.69, 9.17) is 5.73 Å². The molecule has 1 aromatic heterocycles. The van der Waals surface area contributed by atoms with E-state index in [2.05, 4.69) is 9.71 Å². The van der Waals surface area contributed by atoms with Gasteiger partial charge in [0.05, 0.1) is 16.8 Å². The van der Waals surface area contributed by atoms with E-state index in [-0.39, 0.29) is 10.6 Å². The third-order valence-corrected chi connectivity index (χ3v) is 4.14. The minimum atomic E-state index is -3.89. The van der Waals surface area contributed by atoms with Gasteiger partial charge in [0.1, 0.15) is 0 Å². The molecule has 0 fully saturated rings. The van der Waals surface area contributed by atoms with E-state index in [1.807, 2.05) is 0 Å². The summed E-state index contributed by atoms with van der Waals surface area (Å²) >= 11 is 0. The maximum absolute atomic E-state index is 13.4. The number of hydrogen-bond donors (Lipinski definition) is 2. The summed E-state index contributed by atoms with van der Waals surface area (Å²) in [4.78, 5) is 3.57. The molecule has 0 atom stereocenters. The first kappa shape index (κ1) is 13.3. The Morgan fingerprint density at radius 1 is 1.32 bits per heavy atom. The molecule has 19 heavy (non-hydrogen) atoms. The van der Waals surface area contributed by atoms with Crippen LogP contribution in [0, 0.1) is 12.7 Å². The molecule has 3 N–H and O–H groups in total. The smallest absolute Gasteiger partial charge is 0.262 e. The molecule has 7 heteroatoms. The lowest BCUT2D eigenvalue weighted by Crippen LogP contribution is -2.15. The average molecular weight is 281 g/mol. The number of pyridine rings is 1. The summed E-state index contributed by atoms with van der Waals surface area (Å²) in [5.74, 6) is -0.743. The molecule has 0 saturated carbocycles. The molecule has 0 spiro atoms. The normalized spacial score (nSPS) is 11.3. The van der Waals surface area contributed by atoms with Crippen molar-refractivity contribution in [3.05, 3.63) is 48.0 Å². The van der Waals surface area contributed by atoms with Crippen LogP contribution in [-0.2, 0) is 10.0 Å². The number of nitrogen functional groups attached to an aromatic ring is 1. The Bertz CT molecular complexity index is 717. The highest BCUT2D eigenvalue weighted by atomic mass is 32.2. The summed E-state index contributed by atoms with van der Waals surface area (Å²) in [5.41, 5.74) is 6.29. The van der Waals surface area contributed by atoms with Crippen molar-refractivity contribution in [3.8, 4) is 0 Å². The number of aromatic nitrogens is 1. The Kier molecular flexibility index (Phi) is 3.39. The number of sulfonamides is 1. The molecule has 100 valence electrons. The number of rotatable bonds is 3. The molecule has 1 aromatic carbocycles. The van der Waals surface area contributed by atoms with Crippen LogP contribution < -0.4 is 10.5 Å². The first-order valence-electron chi connectivity index (χ1n) is 5.39. The minimum Gasteiger partial charge on any atom is -0.398 e. The van der Waals surface area contributed by atoms with Gasteiger partial charge in [-0.25, -0.2) is 12.8 Å². The van der Waals surface area contributed by atoms with Gasteiger partial charge in [-0.15, -0.1) is 0 Å². The summed E-state index contributed by atoms with van der Waals surface area (Å²) in [7, 11) is -3.89. The van der Waals surface area contributed by atoms with Crippen LogP contribution >= 0.6 is 0 Å². The van der Waals surface area contributed by atoms with Gasteiger partial charge in [0.15, 0.2) is 5.82 Å². The predicted octanol–water partition coefficient (Wildman–Crippen LogP) is 1.91. The maximum atomic E-state index is 13.4. The van der Waals surface area contributed by atoms with Crippen molar-refractivity contribution in [2.24, 2.45) is 0 Å². The molecule has 2 rings (SSSR count). The quantitative estimate of drug-likeness (QED) is 0.842. The largest absolute Gasteiger partial charge is 0.398 e. The Morgan fingerprint density at radius 3 is 2.74 bits per heavy atom. The predicted molar refractivity (Wildman–Crippen MR) is 70.6 cm³/mol. The Balaban J connectivity index is 2.44. The number of halogens is 1. The van der Waals surface area contributed by atoms with Crippen LogP contribution in [0.3, 0.4) is 0 Å². The van der Waals surface area contributed by atoms with Gasteiger partial charge in [-0.2, -0.15) is 0 Å². The zero-order valence-electron chi connectivity index (χ0n) is 10.1. The molecule has 5 nitrogen and oxygen atoms in total. The van der Waals surface area contributed by atoms with Gasteiger partial charge in [0.2, 0.25) is 0 Å². The maximum Gasteiger partial charge on any atom is 0.262 e. The van der Waals surface area contributed by atoms with Crippen LogP contribution in [-0.4, -0.2) is 13.4 Å². The van der Waals surface area contributed by atoms with Crippen molar-refractivity contribution in [1.29, 1.82) is 0 Å². The molecule has 0 bridgehead atoms. The monoisotopic (exact) mass is 281 g/mol. The molecular weight excluding hydrogens is 269 g/mol. The highest BCUT2D eigenvalue weighted by Gasteiger charge is 2.19. The molecule has 0 aliphatic rings. The fraction of sp³-hybridized carbons (Fsp3) is 0.0833. The molecule has 0 aliphatic heterocycles. The fourth-order valence-corrected chi connectivity index (χ4v) is 2.92. The Labute approximate surface area is 110 Å². The third-order valence-electron chi connectivity index (χ3n) is 2.63. The Morgan fingerprint density at radius 2 is 2.05 bits per heavy atom. The fourth-order valence-electron chi connectivity index (χ4n) is 1.58. The van der Waals surface area contributed by atoms with Gasteiger partial charge < -0.3 is 5.73 Å². The molecule has 0 unspecified atom stereocenters. The highest BCUT2D eigenvalue weighted by molar-refractivity contribution is 7.92. The Hall–Kier alpha value is -2.15. The van der Waals surface area contributed by atoms with Gasteiger partial charge in [0, 0.05) is 11.9 Å². The van der Waals surface area contributed by atoms with Crippen LogP contribution in [0.25, 0.3) is 0 Å². The topological polar surface area (TPSA) is 85.1 Å². The molecule has 0 aliphatic carbocycles.